The van der Waals surface area contributed by atoms with Crippen molar-refractivity contribution in [3.63, 3.8) is 0 Å². The number of fused-ring (bicyclic) bond motifs is 1. The van der Waals surface area contributed by atoms with Gasteiger partial charge in [0, 0.05) is 6.54 Å². The summed E-state index contributed by atoms with van der Waals surface area (Å²) in [6.07, 6.45) is 0.719. The number of aromatic nitrogens is 4. The van der Waals surface area contributed by atoms with Gasteiger partial charge in [-0.05, 0) is 44.9 Å². The second-order valence-electron chi connectivity index (χ2n) is 6.36. The van der Waals surface area contributed by atoms with Crippen LogP contribution in [0.25, 0.3) is 22.4 Å². The van der Waals surface area contributed by atoms with Gasteiger partial charge in [0.1, 0.15) is 22.5 Å². The summed E-state index contributed by atoms with van der Waals surface area (Å²) < 4.78 is 7.39. The summed E-state index contributed by atoms with van der Waals surface area (Å²) in [7, 11) is 0. The number of nitrogens with one attached hydrogen (secondary N) is 1. The molecule has 8 heteroatoms. The monoisotopic (exact) mass is 370 g/mol. The van der Waals surface area contributed by atoms with E-state index < -0.39 is 5.97 Å². The largest absolute Gasteiger partial charge is 0.492 e. The molecule has 0 fully saturated rings. The van der Waals surface area contributed by atoms with Crippen molar-refractivity contribution in [1.29, 1.82) is 0 Å². The third-order valence-corrected chi connectivity index (χ3v) is 4.25. The van der Waals surface area contributed by atoms with Crippen LogP contribution in [0.3, 0.4) is 0 Å². The number of benzene rings is 1. The molecule has 0 aliphatic rings. The number of rotatable bonds is 6. The van der Waals surface area contributed by atoms with Crippen LogP contribution in [0.5, 0.6) is 5.75 Å². The van der Waals surface area contributed by atoms with Crippen molar-refractivity contribution in [1.82, 2.24) is 19.7 Å². The molecule has 3 rings (SSSR count). The van der Waals surface area contributed by atoms with Gasteiger partial charge in [-0.25, -0.2) is 14.5 Å². The lowest BCUT2D eigenvalue weighted by Crippen LogP contribution is -2.13. The van der Waals surface area contributed by atoms with Gasteiger partial charge in [0.15, 0.2) is 5.65 Å². The summed E-state index contributed by atoms with van der Waals surface area (Å²) in [4.78, 5) is 31.7. The van der Waals surface area contributed by atoms with Gasteiger partial charge in [0.2, 0.25) is 0 Å². The molecule has 2 heterocycles. The number of hydrogen-bond acceptors (Lipinski definition) is 5. The molecule has 0 aliphatic heterocycles. The summed E-state index contributed by atoms with van der Waals surface area (Å²) in [5.41, 5.74) is 1.97. The van der Waals surface area contributed by atoms with E-state index in [1.54, 1.807) is 30.7 Å². The maximum atomic E-state index is 12.6. The topological polar surface area (TPSA) is 110 Å². The number of hydrogen-bond donors (Lipinski definition) is 2. The molecular formula is C19H22N4O4. The fourth-order valence-electron chi connectivity index (χ4n) is 3.07. The lowest BCUT2D eigenvalue weighted by atomic mass is 10.0. The number of ether oxygens (including phenoxy) is 1. The van der Waals surface area contributed by atoms with E-state index in [-0.39, 0.29) is 22.7 Å². The van der Waals surface area contributed by atoms with Crippen LogP contribution in [0.1, 0.15) is 41.9 Å². The van der Waals surface area contributed by atoms with E-state index in [9.17, 15) is 14.7 Å². The highest BCUT2D eigenvalue weighted by Crippen LogP contribution is 2.33. The number of carbonyl (C=O) groups is 1. The highest BCUT2D eigenvalue weighted by molar-refractivity contribution is 5.94. The van der Waals surface area contributed by atoms with Gasteiger partial charge in [-0.2, -0.15) is 5.10 Å². The molecule has 27 heavy (non-hydrogen) atoms. The predicted octanol–water partition coefficient (Wildman–Crippen LogP) is 2.91. The van der Waals surface area contributed by atoms with E-state index in [4.69, 9.17) is 4.74 Å². The molecule has 0 unspecified atom stereocenters. The molecule has 2 aromatic heterocycles. The van der Waals surface area contributed by atoms with E-state index >= 15 is 0 Å². The second-order valence-corrected chi connectivity index (χ2v) is 6.36. The summed E-state index contributed by atoms with van der Waals surface area (Å²) in [5, 5.41) is 14.4. The van der Waals surface area contributed by atoms with Crippen LogP contribution in [0.15, 0.2) is 16.9 Å². The summed E-state index contributed by atoms with van der Waals surface area (Å²) in [5.74, 6) is -0.625. The summed E-state index contributed by atoms with van der Waals surface area (Å²) in [6, 6.07) is 3.31. The average Bonchev–Trinajstić information content (AvgIpc) is 2.96. The maximum Gasteiger partial charge on any atom is 0.339 e. The molecule has 0 saturated heterocycles. The van der Waals surface area contributed by atoms with Crippen LogP contribution < -0.4 is 10.3 Å². The molecule has 3 aromatic rings. The molecule has 0 spiro atoms. The zero-order valence-corrected chi connectivity index (χ0v) is 15.8. The fourth-order valence-corrected chi connectivity index (χ4v) is 3.07. The zero-order valence-electron chi connectivity index (χ0n) is 15.8. The van der Waals surface area contributed by atoms with Crippen molar-refractivity contribution < 1.29 is 14.6 Å². The Morgan fingerprint density at radius 2 is 2.04 bits per heavy atom. The number of aryl methyl sites for hydroxylation is 3. The predicted molar refractivity (Wildman–Crippen MR) is 101 cm³/mol. The molecule has 142 valence electrons. The Morgan fingerprint density at radius 3 is 2.67 bits per heavy atom. The highest BCUT2D eigenvalue weighted by Gasteiger charge is 2.21. The smallest absolute Gasteiger partial charge is 0.339 e. The molecule has 0 amide bonds. The first-order valence-corrected chi connectivity index (χ1v) is 8.85. The number of aromatic amines is 1. The van der Waals surface area contributed by atoms with E-state index in [0.29, 0.717) is 35.4 Å². The van der Waals surface area contributed by atoms with Crippen molar-refractivity contribution in [3.05, 3.63) is 39.3 Å². The lowest BCUT2D eigenvalue weighted by molar-refractivity contribution is 0.0692. The fraction of sp³-hybridized carbons (Fsp3) is 0.368. The zero-order chi connectivity index (χ0) is 19.7. The van der Waals surface area contributed by atoms with Crippen molar-refractivity contribution in [2.75, 3.05) is 6.61 Å². The number of carboxylic acid groups (broad SMARTS) is 1. The first-order valence-electron chi connectivity index (χ1n) is 8.85. The first kappa shape index (κ1) is 18.6. The van der Waals surface area contributed by atoms with Gasteiger partial charge in [-0.15, -0.1) is 0 Å². The molecule has 0 aliphatic carbocycles. The lowest BCUT2D eigenvalue weighted by Gasteiger charge is -2.14. The molecule has 1 aromatic carbocycles. The van der Waals surface area contributed by atoms with Gasteiger partial charge in [0.05, 0.1) is 17.9 Å². The van der Waals surface area contributed by atoms with Crippen molar-refractivity contribution in [3.8, 4) is 17.1 Å². The molecule has 2 N–H and O–H groups in total. The van der Waals surface area contributed by atoms with Gasteiger partial charge in [-0.1, -0.05) is 6.92 Å². The third kappa shape index (κ3) is 3.30. The van der Waals surface area contributed by atoms with Crippen molar-refractivity contribution in [2.45, 2.75) is 40.7 Å². The molecule has 8 nitrogen and oxygen atoms in total. The first-order chi connectivity index (χ1) is 12.9. The summed E-state index contributed by atoms with van der Waals surface area (Å²) in [6.45, 7) is 8.32. The average molecular weight is 370 g/mol. The van der Waals surface area contributed by atoms with E-state index in [1.165, 1.54) is 0 Å². The number of carboxylic acids is 1. The van der Waals surface area contributed by atoms with Crippen molar-refractivity contribution >= 4 is 17.0 Å². The van der Waals surface area contributed by atoms with E-state index in [0.717, 1.165) is 12.0 Å². The van der Waals surface area contributed by atoms with Crippen LogP contribution in [-0.4, -0.2) is 37.4 Å². The SMILES string of the molecule is CCCOc1c(C(=O)O)cc(C)cc1-c1nc2c(c(C)nn2CC)c(=O)[nH]1. The van der Waals surface area contributed by atoms with Gasteiger partial charge < -0.3 is 14.8 Å². The molecule has 0 atom stereocenters. The minimum atomic E-state index is -1.09. The Bertz CT molecular complexity index is 1080. The van der Waals surface area contributed by atoms with Crippen molar-refractivity contribution in [2.24, 2.45) is 0 Å². The van der Waals surface area contributed by atoms with E-state index in [1.807, 2.05) is 13.8 Å². The second kappa shape index (κ2) is 7.22. The third-order valence-electron chi connectivity index (χ3n) is 4.25. The van der Waals surface area contributed by atoms with Crippen LogP contribution in [-0.2, 0) is 6.54 Å². The minimum Gasteiger partial charge on any atom is -0.492 e. The minimum absolute atomic E-state index is 0.0429. The number of aromatic carboxylic acids is 1. The molecule has 0 saturated carbocycles. The number of H-pyrrole nitrogens is 1. The normalized spacial score (nSPS) is 11.1. The Morgan fingerprint density at radius 1 is 1.30 bits per heavy atom. The van der Waals surface area contributed by atoms with E-state index in [2.05, 4.69) is 15.1 Å². The summed E-state index contributed by atoms with van der Waals surface area (Å²) >= 11 is 0. The Kier molecular flexibility index (Phi) is 4.98. The van der Waals surface area contributed by atoms with Crippen LogP contribution in [0, 0.1) is 13.8 Å². The highest BCUT2D eigenvalue weighted by atomic mass is 16.5. The van der Waals surface area contributed by atoms with Crippen LogP contribution in [0.4, 0.5) is 0 Å². The van der Waals surface area contributed by atoms with Gasteiger partial charge in [0.25, 0.3) is 5.56 Å². The molecule has 0 radical (unpaired) electrons. The van der Waals surface area contributed by atoms with Gasteiger partial charge >= 0.3 is 5.97 Å². The van der Waals surface area contributed by atoms with Crippen LogP contribution in [0.2, 0.25) is 0 Å². The van der Waals surface area contributed by atoms with Gasteiger partial charge in [-0.3, -0.25) is 4.79 Å². The standard InChI is InChI=1S/C19H22N4O4/c1-5-7-27-15-12(8-10(3)9-13(15)19(25)26)16-20-17-14(18(24)21-16)11(4)22-23(17)6-2/h8-9H,5-7H2,1-4H3,(H,25,26)(H,20,21,24). The number of nitrogens with zero attached hydrogens (tertiary/aromatic N) is 3. The Hall–Kier alpha value is -3.16. The van der Waals surface area contributed by atoms with Crippen LogP contribution >= 0.6 is 0 Å². The Labute approximate surface area is 155 Å². The molecular weight excluding hydrogens is 348 g/mol. The maximum absolute atomic E-state index is 12.6. The quantitative estimate of drug-likeness (QED) is 0.690. The Balaban J connectivity index is 2.33. The molecule has 0 bridgehead atoms.